The Kier molecular flexibility index (Phi) is 4.39. The van der Waals surface area contributed by atoms with Gasteiger partial charge in [-0.2, -0.15) is 5.10 Å². The number of nitrogens with one attached hydrogen (secondary N) is 1. The van der Waals surface area contributed by atoms with E-state index in [2.05, 4.69) is 20.5 Å². The highest BCUT2D eigenvalue weighted by atomic mass is 35.5. The van der Waals surface area contributed by atoms with Gasteiger partial charge in [-0.3, -0.25) is 5.43 Å². The van der Waals surface area contributed by atoms with Crippen LogP contribution in [0.3, 0.4) is 0 Å². The predicted molar refractivity (Wildman–Crippen MR) is 102 cm³/mol. The fraction of sp³-hybridized carbons (Fsp3) is 0.235. The van der Waals surface area contributed by atoms with Crippen molar-refractivity contribution >= 4 is 56.8 Å². The summed E-state index contributed by atoms with van der Waals surface area (Å²) in [5.41, 5.74) is 5.31. The van der Waals surface area contributed by atoms with Crippen molar-refractivity contribution in [3.05, 3.63) is 50.6 Å². The summed E-state index contributed by atoms with van der Waals surface area (Å²) in [4.78, 5) is 11.3. The molecular weight excluding hydrogens is 363 g/mol. The molecule has 0 aliphatic heterocycles. The molecule has 4 nitrogen and oxygen atoms in total. The summed E-state index contributed by atoms with van der Waals surface area (Å²) in [7, 11) is 0. The minimum Gasteiger partial charge on any atom is -0.261 e. The summed E-state index contributed by atoms with van der Waals surface area (Å²) < 4.78 is 0. The second-order valence-corrected chi connectivity index (χ2v) is 7.55. The van der Waals surface area contributed by atoms with Crippen LogP contribution in [0, 0.1) is 0 Å². The van der Waals surface area contributed by atoms with E-state index in [1.165, 1.54) is 23.3 Å². The van der Waals surface area contributed by atoms with Crippen molar-refractivity contribution in [1.29, 1.82) is 0 Å². The van der Waals surface area contributed by atoms with E-state index in [9.17, 15) is 0 Å². The smallest absolute Gasteiger partial charge is 0.158 e. The lowest BCUT2D eigenvalue weighted by Gasteiger charge is -2.11. The molecule has 0 amide bonds. The lowest BCUT2D eigenvalue weighted by Crippen LogP contribution is -2.00. The number of fused-ring (bicyclic) bond motifs is 3. The molecule has 122 valence electrons. The lowest BCUT2D eigenvalue weighted by molar-refractivity contribution is 0.700. The van der Waals surface area contributed by atoms with E-state index in [1.807, 2.05) is 6.07 Å². The van der Waals surface area contributed by atoms with Gasteiger partial charge < -0.3 is 0 Å². The molecule has 0 radical (unpaired) electrons. The molecule has 0 fully saturated rings. The lowest BCUT2D eigenvalue weighted by atomic mass is 9.97. The number of thiophene rings is 1. The summed E-state index contributed by atoms with van der Waals surface area (Å²) in [6.45, 7) is 0. The predicted octanol–water partition coefficient (Wildman–Crippen LogP) is 5.32. The Morgan fingerprint density at radius 1 is 1.12 bits per heavy atom. The van der Waals surface area contributed by atoms with E-state index in [1.54, 1.807) is 36.0 Å². The highest BCUT2D eigenvalue weighted by Crippen LogP contribution is 2.38. The second kappa shape index (κ2) is 6.67. The minimum absolute atomic E-state index is 0.511. The number of rotatable bonds is 3. The zero-order chi connectivity index (χ0) is 16.5. The number of hydrazone groups is 1. The second-order valence-electron chi connectivity index (χ2n) is 5.66. The first-order valence-electron chi connectivity index (χ1n) is 7.72. The third-order valence-electron chi connectivity index (χ3n) is 4.08. The van der Waals surface area contributed by atoms with Gasteiger partial charge in [-0.1, -0.05) is 29.3 Å². The van der Waals surface area contributed by atoms with Gasteiger partial charge in [0.25, 0.3) is 0 Å². The van der Waals surface area contributed by atoms with Crippen LogP contribution >= 0.6 is 34.5 Å². The molecule has 3 aromatic rings. The molecule has 0 atom stereocenters. The molecule has 4 rings (SSSR count). The highest BCUT2D eigenvalue weighted by molar-refractivity contribution is 7.19. The molecule has 1 aliphatic rings. The number of benzene rings is 1. The molecule has 0 spiro atoms. The molecule has 0 unspecified atom stereocenters. The first-order valence-corrected chi connectivity index (χ1v) is 9.29. The van der Waals surface area contributed by atoms with Crippen molar-refractivity contribution in [2.45, 2.75) is 25.7 Å². The first-order chi connectivity index (χ1) is 11.7. The van der Waals surface area contributed by atoms with Gasteiger partial charge in [-0.05, 0) is 48.9 Å². The summed E-state index contributed by atoms with van der Waals surface area (Å²) in [6, 6.07) is 5.39. The maximum Gasteiger partial charge on any atom is 0.158 e. The van der Waals surface area contributed by atoms with Gasteiger partial charge in [0.15, 0.2) is 5.82 Å². The monoisotopic (exact) mass is 376 g/mol. The van der Waals surface area contributed by atoms with Crippen LogP contribution < -0.4 is 5.43 Å². The van der Waals surface area contributed by atoms with Crippen molar-refractivity contribution in [2.24, 2.45) is 5.10 Å². The molecule has 1 aromatic carbocycles. The average Bonchev–Trinajstić information content (AvgIpc) is 2.97. The SMILES string of the molecule is Clc1ccc(/C=N\Nc2ncnc3sc4c(c23)CCCC4)cc1Cl. The van der Waals surface area contributed by atoms with Gasteiger partial charge >= 0.3 is 0 Å². The molecule has 24 heavy (non-hydrogen) atoms. The summed E-state index contributed by atoms with van der Waals surface area (Å²) in [5, 5.41) is 6.46. The standard InChI is InChI=1S/C17H14Cl2N4S/c18-12-6-5-10(7-13(12)19)8-22-23-16-15-11-3-1-2-4-14(11)24-17(15)21-9-20-16/h5-9H,1-4H2,(H,20,21,23)/b22-8-. The maximum atomic E-state index is 6.02. The Labute approximate surface area is 153 Å². The fourth-order valence-corrected chi connectivity index (χ4v) is 4.47. The normalized spacial score (nSPS) is 14.2. The molecule has 0 saturated heterocycles. The minimum atomic E-state index is 0.511. The van der Waals surface area contributed by atoms with Crippen LogP contribution in [0.25, 0.3) is 10.2 Å². The van der Waals surface area contributed by atoms with E-state index in [0.29, 0.717) is 10.0 Å². The van der Waals surface area contributed by atoms with E-state index in [4.69, 9.17) is 23.2 Å². The molecule has 7 heteroatoms. The molecule has 1 aliphatic carbocycles. The van der Waals surface area contributed by atoms with E-state index >= 15 is 0 Å². The number of hydrogen-bond donors (Lipinski definition) is 1. The Balaban J connectivity index is 1.63. The Bertz CT molecular complexity index is 936. The van der Waals surface area contributed by atoms with E-state index in [0.717, 1.165) is 34.4 Å². The Morgan fingerprint density at radius 3 is 2.88 bits per heavy atom. The van der Waals surface area contributed by atoms with Crippen LogP contribution in [0.1, 0.15) is 28.8 Å². The molecule has 1 N–H and O–H groups in total. The van der Waals surface area contributed by atoms with Gasteiger partial charge in [0.2, 0.25) is 0 Å². The third kappa shape index (κ3) is 2.99. The average molecular weight is 377 g/mol. The van der Waals surface area contributed by atoms with Crippen LogP contribution in [-0.4, -0.2) is 16.2 Å². The van der Waals surface area contributed by atoms with Gasteiger partial charge in [-0.15, -0.1) is 11.3 Å². The summed E-state index contributed by atoms with van der Waals surface area (Å²) in [5.74, 6) is 0.760. The molecule has 2 heterocycles. The third-order valence-corrected chi connectivity index (χ3v) is 6.02. The van der Waals surface area contributed by atoms with Crippen LogP contribution in [0.4, 0.5) is 5.82 Å². The van der Waals surface area contributed by atoms with Gasteiger partial charge in [0.1, 0.15) is 11.2 Å². The van der Waals surface area contributed by atoms with Crippen molar-refractivity contribution in [3.8, 4) is 0 Å². The van der Waals surface area contributed by atoms with Crippen molar-refractivity contribution < 1.29 is 0 Å². The van der Waals surface area contributed by atoms with Crippen LogP contribution in [0.15, 0.2) is 29.6 Å². The molecular formula is C17H14Cl2N4S. The van der Waals surface area contributed by atoms with Gasteiger partial charge in [0.05, 0.1) is 21.6 Å². The van der Waals surface area contributed by atoms with Gasteiger partial charge in [-0.25, -0.2) is 9.97 Å². The van der Waals surface area contributed by atoms with Crippen LogP contribution in [0.5, 0.6) is 0 Å². The number of anilines is 1. The summed E-state index contributed by atoms with van der Waals surface area (Å²) >= 11 is 13.7. The zero-order valence-electron chi connectivity index (χ0n) is 12.7. The highest BCUT2D eigenvalue weighted by Gasteiger charge is 2.19. The van der Waals surface area contributed by atoms with Crippen molar-refractivity contribution in [2.75, 3.05) is 5.43 Å². The van der Waals surface area contributed by atoms with Crippen LogP contribution in [-0.2, 0) is 12.8 Å². The number of nitrogens with zero attached hydrogens (tertiary/aromatic N) is 3. The first kappa shape index (κ1) is 15.8. The van der Waals surface area contributed by atoms with Gasteiger partial charge in [0, 0.05) is 4.88 Å². The zero-order valence-corrected chi connectivity index (χ0v) is 15.0. The maximum absolute atomic E-state index is 6.02. The molecule has 2 aromatic heterocycles. The number of aromatic nitrogens is 2. The van der Waals surface area contributed by atoms with E-state index < -0.39 is 0 Å². The summed E-state index contributed by atoms with van der Waals surface area (Å²) in [6.07, 6.45) is 8.00. The van der Waals surface area contributed by atoms with Crippen molar-refractivity contribution in [3.63, 3.8) is 0 Å². The van der Waals surface area contributed by atoms with E-state index in [-0.39, 0.29) is 0 Å². The number of halogens is 2. The molecule has 0 saturated carbocycles. The molecule has 0 bridgehead atoms. The number of hydrogen-bond acceptors (Lipinski definition) is 5. The Hall–Kier alpha value is -1.69. The fourth-order valence-electron chi connectivity index (χ4n) is 2.94. The largest absolute Gasteiger partial charge is 0.261 e. The quantitative estimate of drug-likeness (QED) is 0.496. The Morgan fingerprint density at radius 2 is 2.00 bits per heavy atom. The van der Waals surface area contributed by atoms with Crippen molar-refractivity contribution in [1.82, 2.24) is 9.97 Å². The number of aryl methyl sites for hydroxylation is 2. The van der Waals surface area contributed by atoms with Crippen LogP contribution in [0.2, 0.25) is 10.0 Å². The topological polar surface area (TPSA) is 50.2 Å².